The molecule has 29 nitrogen and oxygen atoms in total. The first-order chi connectivity index (χ1) is 63.9. The van der Waals surface area contributed by atoms with Crippen LogP contribution in [-0.4, -0.2) is 323 Å². The van der Waals surface area contributed by atoms with Crippen molar-refractivity contribution >= 4 is 85.3 Å². The molecule has 11 aliphatic rings. The summed E-state index contributed by atoms with van der Waals surface area (Å²) in [5, 5.41) is 61.8. The number of hydrogen-bond acceptors (Lipinski definition) is 27. The molecule has 4 saturated carbocycles. The maximum atomic E-state index is 11.8. The summed E-state index contributed by atoms with van der Waals surface area (Å²) in [6, 6.07) is 0. The number of aliphatic hydroxyl groups is 6. The summed E-state index contributed by atoms with van der Waals surface area (Å²) in [4.78, 5) is 161. The molecule has 0 aromatic carbocycles. The van der Waals surface area contributed by atoms with Crippen LogP contribution >= 0.6 is 0 Å². The molecule has 0 aromatic rings. The highest BCUT2D eigenvalue weighted by atomic mass is 32.2. The van der Waals surface area contributed by atoms with Gasteiger partial charge in [0.1, 0.15) is 63.6 Å². The van der Waals surface area contributed by atoms with E-state index < -0.39 is 21.0 Å². The highest BCUT2D eigenvalue weighted by Crippen LogP contribution is 2.39. The summed E-state index contributed by atoms with van der Waals surface area (Å²) in [6.45, 7) is 61.2. The van der Waals surface area contributed by atoms with Gasteiger partial charge in [-0.15, -0.1) is 0 Å². The fourth-order valence-corrected chi connectivity index (χ4v) is 19.5. The van der Waals surface area contributed by atoms with Gasteiger partial charge in [0.15, 0.2) is 9.84 Å². The van der Waals surface area contributed by atoms with Gasteiger partial charge in [0, 0.05) is 178 Å². The summed E-state index contributed by atoms with van der Waals surface area (Å²) in [5.41, 5.74) is -1.20. The second-order valence-electron chi connectivity index (χ2n) is 45.7. The molecule has 11 fully saturated rings. The molecule has 11 rings (SSSR count). The van der Waals surface area contributed by atoms with Crippen molar-refractivity contribution < 1.29 is 101 Å². The molecule has 7 aliphatic heterocycles. The maximum Gasteiger partial charge on any atom is 0.234 e. The SMILES string of the molecule is CC(C)C(=O)C1(C)CCC(O)CC1.CC(C)C(=O)C1CCC(C)(O)CC1.CC(C)C(=O)C1CCC(O)C1.CC(C)C(=O)C1CCC(O)CC1.CC(C)C(=O)C1CCCN(C)C1.CC(C)C(=O)C1CCN(C)CC1.CC(C)C(=O)C1CNC(=O)C1.CC(C)C(=O)CN1CCC(C)(O)CC1.CC(C)C(=O)CN1CCC(O)CC1.CC(C)C(=O)CN1CCNC(=O)C1.CC(C)C(=O)CN1CCS(=O)(=O)CC1. The van der Waals surface area contributed by atoms with E-state index in [1.54, 1.807) is 0 Å². The van der Waals surface area contributed by atoms with Gasteiger partial charge >= 0.3 is 0 Å². The number of Topliss-reactive ketones (excluding diaryl/α,β-unsaturated/α-hetero) is 11. The van der Waals surface area contributed by atoms with Crippen LogP contribution in [0, 0.1) is 106 Å². The zero-order valence-electron chi connectivity index (χ0n) is 91.1. The van der Waals surface area contributed by atoms with Gasteiger partial charge in [-0.3, -0.25) is 81.9 Å². The number of ketones is 11. The second kappa shape index (κ2) is 66.0. The zero-order valence-corrected chi connectivity index (χ0v) is 92.0. The fourth-order valence-electron chi connectivity index (χ4n) is 18.2. The monoisotopic (exact) mass is 1980 g/mol. The van der Waals surface area contributed by atoms with Crippen molar-refractivity contribution in [1.29, 1.82) is 0 Å². The van der Waals surface area contributed by atoms with E-state index >= 15 is 0 Å². The van der Waals surface area contributed by atoms with E-state index in [1.807, 2.05) is 183 Å². The number of piperazine rings is 1. The van der Waals surface area contributed by atoms with Gasteiger partial charge in [-0.1, -0.05) is 159 Å². The Morgan fingerprint density at radius 2 is 0.681 bits per heavy atom. The largest absolute Gasteiger partial charge is 0.393 e. The Kier molecular flexibility index (Phi) is 62.6. The van der Waals surface area contributed by atoms with Crippen LogP contribution in [0.5, 0.6) is 0 Å². The van der Waals surface area contributed by atoms with E-state index in [9.17, 15) is 101 Å². The molecule has 30 heteroatoms. The average Bonchev–Trinajstić information content (AvgIpc) is 0.847. The van der Waals surface area contributed by atoms with Gasteiger partial charge in [-0.25, -0.2) is 8.42 Å². The maximum absolute atomic E-state index is 11.8. The Morgan fingerprint density at radius 1 is 0.333 bits per heavy atom. The highest BCUT2D eigenvalue weighted by molar-refractivity contribution is 7.91. The van der Waals surface area contributed by atoms with Crippen LogP contribution < -0.4 is 10.6 Å². The van der Waals surface area contributed by atoms with E-state index in [4.69, 9.17) is 0 Å². The van der Waals surface area contributed by atoms with Crippen LogP contribution in [0.2, 0.25) is 0 Å². The third-order valence-corrected chi connectivity index (χ3v) is 30.2. The summed E-state index contributed by atoms with van der Waals surface area (Å²) >= 11 is 0. The topological polar surface area (TPSA) is 421 Å². The van der Waals surface area contributed by atoms with E-state index in [1.165, 1.54) is 6.42 Å². The number of piperidine rings is 4. The first-order valence-electron chi connectivity index (χ1n) is 53.0. The van der Waals surface area contributed by atoms with Gasteiger partial charge in [0.05, 0.1) is 79.8 Å². The average molecular weight is 1980 g/mol. The molecule has 7 heterocycles. The van der Waals surface area contributed by atoms with Crippen LogP contribution in [0.15, 0.2) is 0 Å². The predicted molar refractivity (Wildman–Crippen MR) is 549 cm³/mol. The number of amides is 2. The summed E-state index contributed by atoms with van der Waals surface area (Å²) in [5.74, 6) is 6.49. The molecule has 4 atom stereocenters. The quantitative estimate of drug-likeness (QED) is 0.0399. The molecule has 4 aliphatic carbocycles. The third-order valence-electron chi connectivity index (χ3n) is 28.6. The minimum atomic E-state index is -2.82. The van der Waals surface area contributed by atoms with Crippen molar-refractivity contribution in [3.05, 3.63) is 0 Å². The normalized spacial score (nSPS) is 26.1. The Labute approximate surface area is 834 Å². The number of nitrogens with one attached hydrogen (secondary N) is 2. The van der Waals surface area contributed by atoms with Crippen LogP contribution in [0.4, 0.5) is 0 Å². The first kappa shape index (κ1) is 131. The van der Waals surface area contributed by atoms with E-state index in [2.05, 4.69) is 44.3 Å². The summed E-state index contributed by atoms with van der Waals surface area (Å²) < 4.78 is 22.2. The predicted octanol–water partition coefficient (Wildman–Crippen LogP) is 12.2. The molecule has 4 unspecified atom stereocenters. The number of aliphatic hydroxyl groups excluding tert-OH is 4. The minimum Gasteiger partial charge on any atom is -0.393 e. The van der Waals surface area contributed by atoms with Crippen LogP contribution in [0.1, 0.15) is 327 Å². The van der Waals surface area contributed by atoms with Crippen molar-refractivity contribution in [1.82, 2.24) is 40.0 Å². The Morgan fingerprint density at radius 3 is 1.06 bits per heavy atom. The number of sulfone groups is 1. The molecule has 138 heavy (non-hydrogen) atoms. The molecule has 0 radical (unpaired) electrons. The van der Waals surface area contributed by atoms with Crippen molar-refractivity contribution in [2.45, 2.75) is 363 Å². The van der Waals surface area contributed by atoms with Gasteiger partial charge in [0.2, 0.25) is 11.8 Å². The lowest BCUT2D eigenvalue weighted by Gasteiger charge is -2.35. The molecule has 0 bridgehead atoms. The van der Waals surface area contributed by atoms with Gasteiger partial charge in [0.25, 0.3) is 0 Å². The van der Waals surface area contributed by atoms with Crippen LogP contribution in [0.3, 0.4) is 0 Å². The molecular weight excluding hydrogens is 1780 g/mol. The number of likely N-dealkylation sites (tertiary alicyclic amines) is 4. The molecule has 0 aromatic heterocycles. The number of nitrogens with zero attached hydrogens (tertiary/aromatic N) is 6. The van der Waals surface area contributed by atoms with Crippen molar-refractivity contribution in [2.75, 3.05) is 143 Å². The van der Waals surface area contributed by atoms with E-state index in [0.29, 0.717) is 130 Å². The van der Waals surface area contributed by atoms with Gasteiger partial charge in [-0.2, -0.15) is 0 Å². The van der Waals surface area contributed by atoms with E-state index in [-0.39, 0.29) is 159 Å². The Balaban J connectivity index is 0.000000760. The lowest BCUT2D eigenvalue weighted by Crippen LogP contribution is -2.49. The molecular formula is C108H198N8O21S. The summed E-state index contributed by atoms with van der Waals surface area (Å²) in [7, 11) is 1.39. The lowest BCUT2D eigenvalue weighted by atomic mass is 9.69. The molecule has 0 spiro atoms. The molecule has 2 amide bonds. The Bertz CT molecular complexity index is 3680. The molecule has 802 valence electrons. The fraction of sp³-hybridized carbons (Fsp3) is 0.880. The molecule has 8 N–H and O–H groups in total. The number of hydrogen-bond donors (Lipinski definition) is 8. The number of rotatable bonds is 26. The first-order valence-corrected chi connectivity index (χ1v) is 54.8. The minimum absolute atomic E-state index is 0.00370. The smallest absolute Gasteiger partial charge is 0.234 e. The zero-order chi connectivity index (χ0) is 106. The van der Waals surface area contributed by atoms with Crippen molar-refractivity contribution in [3.63, 3.8) is 0 Å². The van der Waals surface area contributed by atoms with Crippen molar-refractivity contribution in [3.8, 4) is 0 Å². The van der Waals surface area contributed by atoms with Crippen molar-refractivity contribution in [2.24, 2.45) is 106 Å². The summed E-state index contributed by atoms with van der Waals surface area (Å²) in [6.07, 6.45) is 19.6. The highest BCUT2D eigenvalue weighted by Gasteiger charge is 2.40. The van der Waals surface area contributed by atoms with Gasteiger partial charge < -0.3 is 51.1 Å². The lowest BCUT2D eigenvalue weighted by molar-refractivity contribution is -0.134. The third kappa shape index (κ3) is 54.6. The Hall–Kier alpha value is -5.22. The van der Waals surface area contributed by atoms with Crippen LogP contribution in [0.25, 0.3) is 0 Å². The molecule has 7 saturated heterocycles. The van der Waals surface area contributed by atoms with E-state index in [0.717, 1.165) is 194 Å². The van der Waals surface area contributed by atoms with Crippen LogP contribution in [-0.2, 0) is 72.2 Å². The van der Waals surface area contributed by atoms with Gasteiger partial charge in [-0.05, 0) is 195 Å². The number of carbonyl (C=O) groups excluding carboxylic acids is 13. The second-order valence-corrected chi connectivity index (χ2v) is 48.0. The number of carbonyl (C=O) groups is 13. The standard InChI is InChI=1S/C11H21NO2.2C11H20O2.C10H19NO2.2C10H19NO.C10H18O2.C9H16N2O2.C9H17NO3S.C9H16O2.C8H13NO2/c1-9(2)10(13)8-12-6-4-11(3,14)5-7-12;1-8(2)10(13)11(3)6-4-9(12)5-7-11;1-8(2)10(12)9-4-6-11(3,13)7-5-9;1-8(2)10(13)7-11-5-3-9(12)4-6-11;1-8(2)10(12)9-4-6-11(3)7-5-9;1-8(2)10(12)9-5-4-6-11(3)7-9;1-7(2)10(12)8-3-5-9(11)6-4-8;1-7(2)8(12)5-11-4-3-10-9(13)6-11;1-8(2)9(11)7-10-3-5-14(12,13)6-4-10;1-6(2)9(11)7-3-4-8(10)5-7;1-5(2)8(11)6-3-7(10)9-4-6/h9,14H,4-8H2,1-3H3;8-9,12H,4-7H2,1-3H3;8-9,13H,4-7H2,1-3H3;8-9,12H,3-7H2,1-2H3;2*8-9H,4-7H2,1-3H3;7-9,11H,3-6H2,1-2H3;7H,3-6H2,1-2H3,(H,10,13);8H,3-7H2,1-2H3;6-8,10H,3-5H2,1-2H3;5-6H,3-4H2,1-2H3,(H,9,10).